The smallest absolute Gasteiger partial charge is 0.311 e. The van der Waals surface area contributed by atoms with Gasteiger partial charge in [0.1, 0.15) is 0 Å². The zero-order valence-corrected chi connectivity index (χ0v) is 12.3. The van der Waals surface area contributed by atoms with Gasteiger partial charge in [-0.1, -0.05) is 30.2 Å². The minimum absolute atomic E-state index is 0.288. The Bertz CT molecular complexity index is 694. The van der Waals surface area contributed by atoms with Gasteiger partial charge in [0.25, 0.3) is 0 Å². The zero-order valence-electron chi connectivity index (χ0n) is 11.6. The van der Waals surface area contributed by atoms with Crippen LogP contribution >= 0.6 is 11.6 Å². The summed E-state index contributed by atoms with van der Waals surface area (Å²) in [7, 11) is 0. The van der Waals surface area contributed by atoms with E-state index in [1.807, 2.05) is 19.1 Å². The molecule has 110 valence electrons. The molecular weight excluding hydrogens is 292 g/mol. The Morgan fingerprint density at radius 1 is 1.48 bits per heavy atom. The van der Waals surface area contributed by atoms with E-state index in [1.54, 1.807) is 10.7 Å². The van der Waals surface area contributed by atoms with E-state index in [2.05, 4.69) is 15.5 Å². The lowest BCUT2D eigenvalue weighted by atomic mass is 9.69. The molecule has 1 fully saturated rings. The first kappa shape index (κ1) is 14.0. The van der Waals surface area contributed by atoms with E-state index in [4.69, 9.17) is 11.6 Å². The number of tetrazole rings is 1. The van der Waals surface area contributed by atoms with Crippen LogP contribution < -0.4 is 0 Å². The number of rotatable bonds is 4. The van der Waals surface area contributed by atoms with Crippen molar-refractivity contribution in [2.75, 3.05) is 0 Å². The third-order valence-electron chi connectivity index (χ3n) is 4.26. The second-order valence-electron chi connectivity index (χ2n) is 5.51. The third kappa shape index (κ3) is 2.29. The molecule has 0 spiro atoms. The summed E-state index contributed by atoms with van der Waals surface area (Å²) >= 11 is 6.13. The number of benzene rings is 1. The van der Waals surface area contributed by atoms with Crippen molar-refractivity contribution in [1.29, 1.82) is 0 Å². The SMILES string of the molecule is Cc1c(Cl)cccc1-c1nnnn1CC1(C(=O)O)CCC1. The molecule has 3 rings (SSSR count). The summed E-state index contributed by atoms with van der Waals surface area (Å²) in [5, 5.41) is 21.8. The molecule has 0 radical (unpaired) electrons. The average molecular weight is 307 g/mol. The lowest BCUT2D eigenvalue weighted by molar-refractivity contribution is -0.156. The quantitative estimate of drug-likeness (QED) is 0.939. The highest BCUT2D eigenvalue weighted by Crippen LogP contribution is 2.43. The van der Waals surface area contributed by atoms with Crippen LogP contribution in [0.15, 0.2) is 18.2 Å². The van der Waals surface area contributed by atoms with E-state index in [0.717, 1.165) is 17.5 Å². The molecule has 0 atom stereocenters. The normalized spacial score (nSPS) is 16.5. The maximum atomic E-state index is 11.5. The molecule has 1 aromatic carbocycles. The van der Waals surface area contributed by atoms with Crippen LogP contribution in [0.25, 0.3) is 11.4 Å². The van der Waals surface area contributed by atoms with Crippen molar-refractivity contribution in [1.82, 2.24) is 20.2 Å². The van der Waals surface area contributed by atoms with Gasteiger partial charge in [0.15, 0.2) is 5.82 Å². The highest BCUT2D eigenvalue weighted by Gasteiger charge is 2.45. The van der Waals surface area contributed by atoms with Crippen molar-refractivity contribution >= 4 is 17.6 Å². The Morgan fingerprint density at radius 2 is 2.24 bits per heavy atom. The number of carboxylic acid groups (broad SMARTS) is 1. The van der Waals surface area contributed by atoms with Crippen molar-refractivity contribution in [3.8, 4) is 11.4 Å². The van der Waals surface area contributed by atoms with Crippen molar-refractivity contribution in [3.05, 3.63) is 28.8 Å². The van der Waals surface area contributed by atoms with Gasteiger partial charge in [0.2, 0.25) is 0 Å². The van der Waals surface area contributed by atoms with Crippen LogP contribution in [-0.4, -0.2) is 31.3 Å². The fraction of sp³-hybridized carbons (Fsp3) is 0.429. The molecule has 1 aliphatic carbocycles. The van der Waals surface area contributed by atoms with Gasteiger partial charge in [-0.3, -0.25) is 4.79 Å². The van der Waals surface area contributed by atoms with Crippen molar-refractivity contribution in [2.45, 2.75) is 32.7 Å². The van der Waals surface area contributed by atoms with Crippen molar-refractivity contribution in [2.24, 2.45) is 5.41 Å². The summed E-state index contributed by atoms with van der Waals surface area (Å²) in [6.45, 7) is 2.18. The van der Waals surface area contributed by atoms with Crippen molar-refractivity contribution < 1.29 is 9.90 Å². The van der Waals surface area contributed by atoms with Crippen LogP contribution in [-0.2, 0) is 11.3 Å². The minimum atomic E-state index is -0.780. The van der Waals surface area contributed by atoms with Crippen LogP contribution in [0.3, 0.4) is 0 Å². The number of hydrogen-bond acceptors (Lipinski definition) is 4. The molecule has 7 heteroatoms. The van der Waals surface area contributed by atoms with E-state index >= 15 is 0 Å². The molecule has 1 heterocycles. The van der Waals surface area contributed by atoms with Gasteiger partial charge >= 0.3 is 5.97 Å². The predicted octanol–water partition coefficient (Wildman–Crippen LogP) is 2.56. The lowest BCUT2D eigenvalue weighted by Gasteiger charge is -2.37. The van der Waals surface area contributed by atoms with E-state index in [-0.39, 0.29) is 6.54 Å². The first-order valence-electron chi connectivity index (χ1n) is 6.78. The molecule has 1 aliphatic rings. The fourth-order valence-corrected chi connectivity index (χ4v) is 2.86. The van der Waals surface area contributed by atoms with Crippen LogP contribution in [0.1, 0.15) is 24.8 Å². The Balaban J connectivity index is 1.98. The van der Waals surface area contributed by atoms with E-state index < -0.39 is 11.4 Å². The molecule has 0 amide bonds. The minimum Gasteiger partial charge on any atom is -0.481 e. The average Bonchev–Trinajstić information content (AvgIpc) is 2.84. The number of carbonyl (C=O) groups is 1. The number of halogens is 1. The van der Waals surface area contributed by atoms with Gasteiger partial charge in [-0.15, -0.1) is 5.10 Å². The molecule has 1 aromatic heterocycles. The fourth-order valence-electron chi connectivity index (χ4n) is 2.68. The van der Waals surface area contributed by atoms with E-state index in [0.29, 0.717) is 23.7 Å². The van der Waals surface area contributed by atoms with Crippen LogP contribution in [0.4, 0.5) is 0 Å². The Hall–Kier alpha value is -1.95. The Kier molecular flexibility index (Phi) is 3.41. The second-order valence-corrected chi connectivity index (χ2v) is 5.92. The van der Waals surface area contributed by atoms with E-state index in [9.17, 15) is 9.90 Å². The Labute approximate surface area is 126 Å². The maximum Gasteiger partial charge on any atom is 0.311 e. The monoisotopic (exact) mass is 306 g/mol. The topological polar surface area (TPSA) is 80.9 Å². The molecule has 6 nitrogen and oxygen atoms in total. The van der Waals surface area contributed by atoms with Crippen LogP contribution in [0, 0.1) is 12.3 Å². The molecular formula is C14H15ClN4O2. The molecule has 0 aliphatic heterocycles. The molecule has 1 saturated carbocycles. The summed E-state index contributed by atoms with van der Waals surface area (Å²) < 4.78 is 1.58. The Morgan fingerprint density at radius 3 is 2.86 bits per heavy atom. The molecule has 0 unspecified atom stereocenters. The molecule has 1 N–H and O–H groups in total. The maximum absolute atomic E-state index is 11.5. The van der Waals surface area contributed by atoms with Gasteiger partial charge in [0.05, 0.1) is 12.0 Å². The summed E-state index contributed by atoms with van der Waals surface area (Å²) in [5.41, 5.74) is 0.969. The van der Waals surface area contributed by atoms with Gasteiger partial charge in [-0.25, -0.2) is 4.68 Å². The van der Waals surface area contributed by atoms with Gasteiger partial charge in [-0.2, -0.15) is 0 Å². The van der Waals surface area contributed by atoms with Gasteiger partial charge in [-0.05, 0) is 41.8 Å². The first-order chi connectivity index (χ1) is 10.0. The molecule has 0 bridgehead atoms. The second kappa shape index (κ2) is 5.11. The number of carboxylic acids is 1. The van der Waals surface area contributed by atoms with Gasteiger partial charge < -0.3 is 5.11 Å². The number of nitrogens with zero attached hydrogens (tertiary/aromatic N) is 4. The summed E-state index contributed by atoms with van der Waals surface area (Å²) in [5.74, 6) is -0.222. The molecule has 21 heavy (non-hydrogen) atoms. The first-order valence-corrected chi connectivity index (χ1v) is 7.16. The standard InChI is InChI=1S/C14H15ClN4O2/c1-9-10(4-2-5-11(9)15)12-16-17-18-19(12)8-14(13(20)21)6-3-7-14/h2,4-5H,3,6-8H2,1H3,(H,20,21). The van der Waals surface area contributed by atoms with E-state index in [1.165, 1.54) is 0 Å². The largest absolute Gasteiger partial charge is 0.481 e. The zero-order chi connectivity index (χ0) is 15.0. The van der Waals surface area contributed by atoms with Crippen LogP contribution in [0.2, 0.25) is 5.02 Å². The van der Waals surface area contributed by atoms with Crippen LogP contribution in [0.5, 0.6) is 0 Å². The highest BCUT2D eigenvalue weighted by atomic mass is 35.5. The van der Waals surface area contributed by atoms with Crippen molar-refractivity contribution in [3.63, 3.8) is 0 Å². The summed E-state index contributed by atoms with van der Waals surface area (Å²) in [6, 6.07) is 5.52. The predicted molar refractivity (Wildman–Crippen MR) is 76.9 cm³/mol. The third-order valence-corrected chi connectivity index (χ3v) is 4.67. The number of hydrogen-bond donors (Lipinski definition) is 1. The molecule has 2 aromatic rings. The molecule has 0 saturated heterocycles. The number of aromatic nitrogens is 4. The number of aliphatic carboxylic acids is 1. The highest BCUT2D eigenvalue weighted by molar-refractivity contribution is 6.31. The summed E-state index contributed by atoms with van der Waals surface area (Å²) in [6.07, 6.45) is 2.26. The van der Waals surface area contributed by atoms with Gasteiger partial charge in [0, 0.05) is 10.6 Å². The summed E-state index contributed by atoms with van der Waals surface area (Å²) in [4.78, 5) is 11.5. The lowest BCUT2D eigenvalue weighted by Crippen LogP contribution is -2.42.